The van der Waals surface area contributed by atoms with E-state index in [4.69, 9.17) is 10.00 Å². The van der Waals surface area contributed by atoms with Gasteiger partial charge in [0.25, 0.3) is 0 Å². The minimum atomic E-state index is -0.359. The third kappa shape index (κ3) is 7.43. The van der Waals surface area contributed by atoms with E-state index in [9.17, 15) is 14.0 Å². The minimum Gasteiger partial charge on any atom is -0.439 e. The molecule has 168 valence electrons. The van der Waals surface area contributed by atoms with Crippen LogP contribution in [0.1, 0.15) is 24.8 Å². The predicted octanol–water partition coefficient (Wildman–Crippen LogP) is 4.36. The van der Waals surface area contributed by atoms with Crippen molar-refractivity contribution >= 4 is 17.5 Å². The van der Waals surface area contributed by atoms with Crippen LogP contribution in [-0.2, 0) is 16.1 Å². The summed E-state index contributed by atoms with van der Waals surface area (Å²) in [6.07, 6.45) is 1.81. The molecule has 0 radical (unpaired) electrons. The molecule has 0 atom stereocenters. The lowest BCUT2D eigenvalue weighted by Crippen LogP contribution is -2.33. The smallest absolute Gasteiger partial charge is 0.227 e. The van der Waals surface area contributed by atoms with Gasteiger partial charge in [-0.1, -0.05) is 18.2 Å². The van der Waals surface area contributed by atoms with E-state index in [0.29, 0.717) is 17.3 Å². The Balaban J connectivity index is 1.50. The van der Waals surface area contributed by atoms with Gasteiger partial charge < -0.3 is 15.0 Å². The zero-order valence-corrected chi connectivity index (χ0v) is 17.9. The standard InChI is InChI=1S/C25H23FN4O3/c26-20-7-9-22(10-8-20)33-24-17-19(13-15-28-24)18-29-23(31)11-12-25(32)30(16-4-14-27)21-5-2-1-3-6-21/h1-3,5-10,13,15,17H,4,11-12,16,18H2,(H,29,31). The SMILES string of the molecule is N#CCCN(C(=O)CCC(=O)NCc1ccnc(Oc2ccc(F)cc2)c1)c1ccccc1. The monoisotopic (exact) mass is 446 g/mol. The number of amides is 2. The molecule has 8 heteroatoms. The van der Waals surface area contributed by atoms with Gasteiger partial charge in [-0.05, 0) is 48.0 Å². The quantitative estimate of drug-likeness (QED) is 0.499. The molecule has 0 saturated carbocycles. The van der Waals surface area contributed by atoms with Crippen molar-refractivity contribution in [2.24, 2.45) is 0 Å². The maximum Gasteiger partial charge on any atom is 0.227 e. The number of pyridine rings is 1. The van der Waals surface area contributed by atoms with Gasteiger partial charge in [0.2, 0.25) is 17.7 Å². The zero-order chi connectivity index (χ0) is 23.5. The van der Waals surface area contributed by atoms with Crippen molar-refractivity contribution in [3.63, 3.8) is 0 Å². The number of nitriles is 1. The van der Waals surface area contributed by atoms with E-state index in [-0.39, 0.29) is 50.0 Å². The molecule has 0 unspecified atom stereocenters. The van der Waals surface area contributed by atoms with E-state index in [0.717, 1.165) is 5.56 Å². The number of rotatable bonds is 10. The number of carbonyl (C=O) groups excluding carboxylic acids is 2. The number of hydrogen-bond donors (Lipinski definition) is 1. The van der Waals surface area contributed by atoms with Crippen molar-refractivity contribution in [3.8, 4) is 17.7 Å². The molecule has 2 aromatic carbocycles. The number of anilines is 1. The molecule has 0 spiro atoms. The third-order valence-corrected chi connectivity index (χ3v) is 4.71. The minimum absolute atomic E-state index is 0.0265. The van der Waals surface area contributed by atoms with Crippen LogP contribution in [0.2, 0.25) is 0 Å². The Morgan fingerprint density at radius 1 is 1.06 bits per heavy atom. The predicted molar refractivity (Wildman–Crippen MR) is 121 cm³/mol. The number of para-hydroxylation sites is 1. The Bertz CT molecular complexity index is 1110. The third-order valence-electron chi connectivity index (χ3n) is 4.71. The number of benzene rings is 2. The lowest BCUT2D eigenvalue weighted by atomic mass is 10.2. The fraction of sp³-hybridized carbons (Fsp3) is 0.200. The van der Waals surface area contributed by atoms with E-state index in [1.165, 1.54) is 29.2 Å². The topological polar surface area (TPSA) is 95.3 Å². The first kappa shape index (κ1) is 23.4. The summed E-state index contributed by atoms with van der Waals surface area (Å²) >= 11 is 0. The highest BCUT2D eigenvalue weighted by Crippen LogP contribution is 2.20. The van der Waals surface area contributed by atoms with Gasteiger partial charge in [0, 0.05) is 43.9 Å². The number of nitrogens with zero attached hydrogens (tertiary/aromatic N) is 3. The summed E-state index contributed by atoms with van der Waals surface area (Å²) in [6, 6.07) is 20.1. The molecule has 0 fully saturated rings. The second kappa shape index (κ2) is 12.0. The van der Waals surface area contributed by atoms with Crippen LogP contribution < -0.4 is 15.0 Å². The van der Waals surface area contributed by atoms with Crippen LogP contribution >= 0.6 is 0 Å². The first-order chi connectivity index (χ1) is 16.0. The van der Waals surface area contributed by atoms with E-state index >= 15 is 0 Å². The lowest BCUT2D eigenvalue weighted by Gasteiger charge is -2.21. The molecule has 3 rings (SSSR count). The van der Waals surface area contributed by atoms with Crippen LogP contribution in [-0.4, -0.2) is 23.3 Å². The van der Waals surface area contributed by atoms with Gasteiger partial charge in [0.05, 0.1) is 12.5 Å². The summed E-state index contributed by atoms with van der Waals surface area (Å²) < 4.78 is 18.6. The van der Waals surface area contributed by atoms with Gasteiger partial charge >= 0.3 is 0 Å². The summed E-state index contributed by atoms with van der Waals surface area (Å²) in [5.74, 6) is -0.0790. The Morgan fingerprint density at radius 2 is 1.82 bits per heavy atom. The number of aromatic nitrogens is 1. The number of hydrogen-bond acceptors (Lipinski definition) is 5. The van der Waals surface area contributed by atoms with Crippen molar-refractivity contribution in [1.29, 1.82) is 5.26 Å². The first-order valence-corrected chi connectivity index (χ1v) is 10.4. The summed E-state index contributed by atoms with van der Waals surface area (Å²) in [7, 11) is 0. The Morgan fingerprint density at radius 3 is 2.55 bits per heavy atom. The molecule has 7 nitrogen and oxygen atoms in total. The second-order valence-corrected chi connectivity index (χ2v) is 7.12. The number of ether oxygens (including phenoxy) is 1. The van der Waals surface area contributed by atoms with E-state index < -0.39 is 0 Å². The van der Waals surface area contributed by atoms with Crippen molar-refractivity contribution in [3.05, 3.63) is 84.3 Å². The van der Waals surface area contributed by atoms with Crippen molar-refractivity contribution < 1.29 is 18.7 Å². The van der Waals surface area contributed by atoms with Gasteiger partial charge in [-0.2, -0.15) is 5.26 Å². The lowest BCUT2D eigenvalue weighted by molar-refractivity contribution is -0.125. The summed E-state index contributed by atoms with van der Waals surface area (Å²) in [4.78, 5) is 30.6. The van der Waals surface area contributed by atoms with Gasteiger partial charge in [0.1, 0.15) is 11.6 Å². The van der Waals surface area contributed by atoms with Gasteiger partial charge in [-0.15, -0.1) is 0 Å². The average molecular weight is 446 g/mol. The van der Waals surface area contributed by atoms with Gasteiger partial charge in [0.15, 0.2) is 0 Å². The molecule has 3 aromatic rings. The molecule has 0 aliphatic carbocycles. The number of carbonyl (C=O) groups is 2. The van der Waals surface area contributed by atoms with Crippen LogP contribution in [0, 0.1) is 17.1 Å². The van der Waals surface area contributed by atoms with Crippen molar-refractivity contribution in [2.75, 3.05) is 11.4 Å². The fourth-order valence-electron chi connectivity index (χ4n) is 3.05. The molecule has 33 heavy (non-hydrogen) atoms. The van der Waals surface area contributed by atoms with E-state index in [2.05, 4.69) is 10.3 Å². The number of halogens is 1. The first-order valence-electron chi connectivity index (χ1n) is 10.4. The Hall–Kier alpha value is -4.25. The normalized spacial score (nSPS) is 10.2. The molecule has 1 aromatic heterocycles. The molecule has 2 amide bonds. The largest absolute Gasteiger partial charge is 0.439 e. The maximum atomic E-state index is 13.0. The van der Waals surface area contributed by atoms with Crippen LogP contribution in [0.15, 0.2) is 72.9 Å². The van der Waals surface area contributed by atoms with Crippen LogP contribution in [0.25, 0.3) is 0 Å². The molecule has 1 N–H and O–H groups in total. The average Bonchev–Trinajstić information content (AvgIpc) is 2.84. The van der Waals surface area contributed by atoms with E-state index in [1.807, 2.05) is 24.3 Å². The molecule has 0 bridgehead atoms. The molecule has 0 aliphatic heterocycles. The van der Waals surface area contributed by atoms with Crippen LogP contribution in [0.5, 0.6) is 11.6 Å². The fourth-order valence-corrected chi connectivity index (χ4v) is 3.05. The van der Waals surface area contributed by atoms with Crippen molar-refractivity contribution in [1.82, 2.24) is 10.3 Å². The van der Waals surface area contributed by atoms with Crippen LogP contribution in [0.4, 0.5) is 10.1 Å². The van der Waals surface area contributed by atoms with E-state index in [1.54, 1.807) is 30.5 Å². The summed E-state index contributed by atoms with van der Waals surface area (Å²) in [6.45, 7) is 0.515. The Kier molecular flexibility index (Phi) is 8.48. The second-order valence-electron chi connectivity index (χ2n) is 7.12. The van der Waals surface area contributed by atoms with Crippen LogP contribution in [0.3, 0.4) is 0 Å². The highest BCUT2D eigenvalue weighted by Gasteiger charge is 2.16. The molecular formula is C25H23FN4O3. The molecular weight excluding hydrogens is 423 g/mol. The highest BCUT2D eigenvalue weighted by atomic mass is 19.1. The summed E-state index contributed by atoms with van der Waals surface area (Å²) in [5.41, 5.74) is 1.46. The number of nitrogens with one attached hydrogen (secondary N) is 1. The van der Waals surface area contributed by atoms with Crippen molar-refractivity contribution in [2.45, 2.75) is 25.8 Å². The molecule has 0 aliphatic rings. The summed E-state index contributed by atoms with van der Waals surface area (Å²) in [5, 5.41) is 11.7. The maximum absolute atomic E-state index is 13.0. The zero-order valence-electron chi connectivity index (χ0n) is 17.9. The molecule has 0 saturated heterocycles. The van der Waals surface area contributed by atoms with Gasteiger partial charge in [-0.25, -0.2) is 9.37 Å². The van der Waals surface area contributed by atoms with Gasteiger partial charge in [-0.3, -0.25) is 9.59 Å². The Labute approximate surface area is 191 Å². The molecule has 1 heterocycles. The highest BCUT2D eigenvalue weighted by molar-refractivity contribution is 5.95.